The van der Waals surface area contributed by atoms with Gasteiger partial charge >= 0.3 is 6.03 Å². The van der Waals surface area contributed by atoms with E-state index in [1.165, 1.54) is 18.4 Å². The van der Waals surface area contributed by atoms with Gasteiger partial charge < -0.3 is 15.1 Å². The molecule has 3 rings (SSSR count). The lowest BCUT2D eigenvalue weighted by Crippen LogP contribution is -2.48. The number of likely N-dealkylation sites (tertiary alicyclic amines) is 1. The van der Waals surface area contributed by atoms with Gasteiger partial charge in [0, 0.05) is 38.1 Å². The van der Waals surface area contributed by atoms with Gasteiger partial charge in [-0.05, 0) is 50.0 Å². The second kappa shape index (κ2) is 10.1. The van der Waals surface area contributed by atoms with E-state index in [1.807, 2.05) is 41.4 Å². The van der Waals surface area contributed by atoms with E-state index in [0.717, 1.165) is 24.9 Å². The number of carbonyl (C=O) groups excluding carboxylic acids is 1. The van der Waals surface area contributed by atoms with Crippen molar-refractivity contribution in [3.8, 4) is 0 Å². The Bertz CT molecular complexity index is 692. The third kappa shape index (κ3) is 6.07. The molecule has 1 aromatic heterocycles. The highest BCUT2D eigenvalue weighted by Crippen LogP contribution is 2.14. The molecule has 1 unspecified atom stereocenters. The van der Waals surface area contributed by atoms with E-state index >= 15 is 0 Å². The third-order valence-corrected chi connectivity index (χ3v) is 5.31. The average Bonchev–Trinajstić information content (AvgIpc) is 2.72. The van der Waals surface area contributed by atoms with Crippen LogP contribution in [0.5, 0.6) is 0 Å². The van der Waals surface area contributed by atoms with E-state index in [9.17, 15) is 4.79 Å². The summed E-state index contributed by atoms with van der Waals surface area (Å²) in [5.41, 5.74) is 2.30. The summed E-state index contributed by atoms with van der Waals surface area (Å²) in [5, 5.41) is 3.16. The van der Waals surface area contributed by atoms with Gasteiger partial charge in [-0.3, -0.25) is 4.98 Å². The molecule has 0 spiro atoms. The van der Waals surface area contributed by atoms with Crippen molar-refractivity contribution in [1.82, 2.24) is 20.1 Å². The molecule has 0 bridgehead atoms. The number of likely N-dealkylation sites (N-methyl/N-ethyl adjacent to an activating group) is 1. The molecule has 1 aliphatic heterocycles. The topological polar surface area (TPSA) is 48.5 Å². The lowest BCUT2D eigenvalue weighted by molar-refractivity contribution is 0.167. The van der Waals surface area contributed by atoms with Crippen LogP contribution in [0.15, 0.2) is 54.9 Å². The number of pyridine rings is 1. The molecule has 5 heteroatoms. The summed E-state index contributed by atoms with van der Waals surface area (Å²) >= 11 is 0. The molecule has 0 radical (unpaired) electrons. The van der Waals surface area contributed by atoms with Crippen molar-refractivity contribution < 1.29 is 4.79 Å². The van der Waals surface area contributed by atoms with E-state index in [4.69, 9.17) is 0 Å². The molecule has 2 heterocycles. The Morgan fingerprint density at radius 1 is 1.19 bits per heavy atom. The van der Waals surface area contributed by atoms with Crippen molar-refractivity contribution in [2.75, 3.05) is 26.7 Å². The Morgan fingerprint density at radius 2 is 2.00 bits per heavy atom. The van der Waals surface area contributed by atoms with E-state index in [0.29, 0.717) is 25.7 Å². The minimum absolute atomic E-state index is 0.00811. The number of amides is 2. The van der Waals surface area contributed by atoms with Crippen molar-refractivity contribution in [1.29, 1.82) is 0 Å². The summed E-state index contributed by atoms with van der Waals surface area (Å²) < 4.78 is 0. The van der Waals surface area contributed by atoms with Gasteiger partial charge in [0.05, 0.1) is 0 Å². The Balaban J connectivity index is 1.59. The largest absolute Gasteiger partial charge is 0.336 e. The Labute approximate surface area is 162 Å². The number of urea groups is 1. The first-order valence-corrected chi connectivity index (χ1v) is 9.88. The zero-order chi connectivity index (χ0) is 18.9. The van der Waals surface area contributed by atoms with Crippen molar-refractivity contribution >= 4 is 6.03 Å². The third-order valence-electron chi connectivity index (χ3n) is 5.31. The van der Waals surface area contributed by atoms with E-state index < -0.39 is 0 Å². The fourth-order valence-electron chi connectivity index (χ4n) is 3.59. The molecule has 1 aliphatic rings. The fraction of sp³-hybridized carbons (Fsp3) is 0.455. The highest BCUT2D eigenvalue weighted by Gasteiger charge is 2.21. The number of piperidine rings is 1. The van der Waals surface area contributed by atoms with Crippen LogP contribution in [0.25, 0.3) is 0 Å². The molecule has 1 N–H and O–H groups in total. The zero-order valence-corrected chi connectivity index (χ0v) is 16.2. The summed E-state index contributed by atoms with van der Waals surface area (Å²) in [7, 11) is 2.15. The van der Waals surface area contributed by atoms with Crippen LogP contribution in [-0.4, -0.2) is 53.5 Å². The van der Waals surface area contributed by atoms with Gasteiger partial charge in [-0.25, -0.2) is 4.79 Å². The minimum atomic E-state index is 0.00811. The van der Waals surface area contributed by atoms with Crippen molar-refractivity contribution in [2.45, 2.75) is 38.3 Å². The molecular weight excluding hydrogens is 336 g/mol. The molecule has 5 nitrogen and oxygen atoms in total. The van der Waals surface area contributed by atoms with Gasteiger partial charge in [-0.2, -0.15) is 0 Å². The maximum atomic E-state index is 12.9. The van der Waals surface area contributed by atoms with Crippen LogP contribution < -0.4 is 5.32 Å². The Hall–Kier alpha value is -2.40. The predicted octanol–water partition coefficient (Wildman–Crippen LogP) is 3.32. The Kier molecular flexibility index (Phi) is 7.22. The minimum Gasteiger partial charge on any atom is -0.336 e. The van der Waals surface area contributed by atoms with Gasteiger partial charge in [-0.1, -0.05) is 42.8 Å². The van der Waals surface area contributed by atoms with Crippen LogP contribution in [0, 0.1) is 0 Å². The van der Waals surface area contributed by atoms with Crippen LogP contribution in [0.3, 0.4) is 0 Å². The smallest absolute Gasteiger partial charge is 0.317 e. The average molecular weight is 367 g/mol. The van der Waals surface area contributed by atoms with Gasteiger partial charge in [0.15, 0.2) is 0 Å². The summed E-state index contributed by atoms with van der Waals surface area (Å²) in [5.74, 6) is 0. The second-order valence-electron chi connectivity index (χ2n) is 7.33. The lowest BCUT2D eigenvalue weighted by atomic mass is 10.0. The Morgan fingerprint density at radius 3 is 2.74 bits per heavy atom. The number of hydrogen-bond donors (Lipinski definition) is 1. The van der Waals surface area contributed by atoms with Gasteiger partial charge in [0.2, 0.25) is 0 Å². The van der Waals surface area contributed by atoms with Crippen LogP contribution in [0.2, 0.25) is 0 Å². The van der Waals surface area contributed by atoms with Crippen LogP contribution in [0.1, 0.15) is 30.4 Å². The molecule has 1 aromatic carbocycles. The van der Waals surface area contributed by atoms with Crippen LogP contribution in [-0.2, 0) is 13.0 Å². The predicted molar refractivity (Wildman–Crippen MR) is 108 cm³/mol. The number of nitrogens with one attached hydrogen (secondary N) is 1. The van der Waals surface area contributed by atoms with E-state index in [1.54, 1.807) is 6.20 Å². The number of rotatable bonds is 7. The number of hydrogen-bond acceptors (Lipinski definition) is 3. The summed E-state index contributed by atoms with van der Waals surface area (Å²) in [6, 6.07) is 14.7. The van der Waals surface area contributed by atoms with Gasteiger partial charge in [0.25, 0.3) is 0 Å². The van der Waals surface area contributed by atoms with E-state index in [-0.39, 0.29) is 6.03 Å². The molecular formula is C22H30N4O. The number of aromatic nitrogens is 1. The van der Waals surface area contributed by atoms with Crippen LogP contribution >= 0.6 is 0 Å². The number of benzene rings is 1. The molecule has 27 heavy (non-hydrogen) atoms. The molecule has 1 fully saturated rings. The first-order valence-electron chi connectivity index (χ1n) is 9.88. The van der Waals surface area contributed by atoms with Crippen molar-refractivity contribution in [2.24, 2.45) is 0 Å². The standard InChI is InChI=1S/C22H30N4O/c1-25-14-6-5-11-21(25)17-24-22(27)26(18-20-10-7-13-23-16-20)15-12-19-8-3-2-4-9-19/h2-4,7-10,13,16,21H,5-6,11-12,14-15,17-18H2,1H3,(H,24,27). The molecule has 2 aromatic rings. The van der Waals surface area contributed by atoms with Crippen LogP contribution in [0.4, 0.5) is 4.79 Å². The lowest BCUT2D eigenvalue weighted by Gasteiger charge is -2.33. The molecule has 1 atom stereocenters. The molecule has 0 saturated carbocycles. The molecule has 1 saturated heterocycles. The monoisotopic (exact) mass is 366 g/mol. The number of nitrogens with zero attached hydrogens (tertiary/aromatic N) is 3. The quantitative estimate of drug-likeness (QED) is 0.818. The SMILES string of the molecule is CN1CCCCC1CNC(=O)N(CCc1ccccc1)Cc1cccnc1. The molecule has 144 valence electrons. The zero-order valence-electron chi connectivity index (χ0n) is 16.2. The molecule has 0 aliphatic carbocycles. The first kappa shape index (κ1) is 19.4. The van der Waals surface area contributed by atoms with Gasteiger partial charge in [-0.15, -0.1) is 0 Å². The van der Waals surface area contributed by atoms with Crippen molar-refractivity contribution in [3.05, 3.63) is 66.0 Å². The van der Waals surface area contributed by atoms with E-state index in [2.05, 4.69) is 34.4 Å². The maximum Gasteiger partial charge on any atom is 0.317 e. The maximum absolute atomic E-state index is 12.9. The summed E-state index contributed by atoms with van der Waals surface area (Å²) in [4.78, 5) is 21.3. The second-order valence-corrected chi connectivity index (χ2v) is 7.33. The summed E-state index contributed by atoms with van der Waals surface area (Å²) in [6.07, 6.45) is 8.10. The first-order chi connectivity index (χ1) is 13.2. The fourth-order valence-corrected chi connectivity index (χ4v) is 3.59. The van der Waals surface area contributed by atoms with Crippen molar-refractivity contribution in [3.63, 3.8) is 0 Å². The highest BCUT2D eigenvalue weighted by atomic mass is 16.2. The summed E-state index contributed by atoms with van der Waals surface area (Å²) in [6.45, 7) is 3.09. The number of carbonyl (C=O) groups is 1. The normalized spacial score (nSPS) is 17.4. The highest BCUT2D eigenvalue weighted by molar-refractivity contribution is 5.74. The molecule has 2 amide bonds. The van der Waals surface area contributed by atoms with Gasteiger partial charge in [0.1, 0.15) is 0 Å².